The first-order valence-corrected chi connectivity index (χ1v) is 4.66. The van der Waals surface area contributed by atoms with Crippen LogP contribution in [0.1, 0.15) is 5.56 Å². The van der Waals surface area contributed by atoms with Crippen molar-refractivity contribution in [3.8, 4) is 0 Å². The molecule has 0 unspecified atom stereocenters. The van der Waals surface area contributed by atoms with Gasteiger partial charge in [0.2, 0.25) is 0 Å². The number of benzene rings is 1. The molecule has 0 saturated carbocycles. The molecule has 0 aromatic heterocycles. The average molecular weight is 224 g/mol. The number of hydrogen-bond donors (Lipinski definition) is 1. The molecule has 0 N–H and O–H groups in total. The van der Waals surface area contributed by atoms with Crippen LogP contribution in [0.3, 0.4) is 0 Å². The summed E-state index contributed by atoms with van der Waals surface area (Å²) in [5, 5.41) is 0.221. The minimum absolute atomic E-state index is 0.181. The molecule has 0 aliphatic carbocycles. The fraction of sp³-hybridized carbons (Fsp3) is 0. The van der Waals surface area contributed by atoms with Gasteiger partial charge in [0.05, 0.1) is 0 Å². The van der Waals surface area contributed by atoms with Gasteiger partial charge in [-0.25, -0.2) is 12.8 Å². The minimum Gasteiger partial charge on any atom is -0.261 e. The summed E-state index contributed by atoms with van der Waals surface area (Å²) in [5.74, 6) is -0.514. The van der Waals surface area contributed by atoms with E-state index in [-0.39, 0.29) is 10.6 Å². The first-order chi connectivity index (χ1) is 6.09. The molecular formula is C7H5ClFO3S. The fourth-order valence-electron chi connectivity index (χ4n) is 0.705. The summed E-state index contributed by atoms with van der Waals surface area (Å²) in [6, 6.07) is 3.54. The summed E-state index contributed by atoms with van der Waals surface area (Å²) < 4.78 is 36.8. The first-order valence-electron chi connectivity index (χ1n) is 3.19. The van der Waals surface area contributed by atoms with Gasteiger partial charge in [0.25, 0.3) is 11.0 Å². The van der Waals surface area contributed by atoms with Gasteiger partial charge >= 0.3 is 0 Å². The van der Waals surface area contributed by atoms with Crippen LogP contribution in [0.15, 0.2) is 18.2 Å². The van der Waals surface area contributed by atoms with Gasteiger partial charge in [-0.3, -0.25) is 4.18 Å². The SMILES string of the molecule is O=[SH](=O)O[CH]c1cc(F)ccc1Cl. The standard InChI is InChI=1S/C7H5ClFO3S/c8-7-2-1-6(9)3-5(7)4-12-13(10)11/h1-4,13H. The predicted octanol–water partition coefficient (Wildman–Crippen LogP) is 1.53. The summed E-state index contributed by atoms with van der Waals surface area (Å²) in [6.07, 6.45) is 0. The van der Waals surface area contributed by atoms with Crippen molar-refractivity contribution < 1.29 is 17.0 Å². The molecule has 1 rings (SSSR count). The molecule has 0 atom stereocenters. The molecule has 1 aromatic rings. The van der Waals surface area contributed by atoms with Gasteiger partial charge in [-0.05, 0) is 18.2 Å². The van der Waals surface area contributed by atoms with Crippen LogP contribution >= 0.6 is 11.6 Å². The van der Waals surface area contributed by atoms with E-state index >= 15 is 0 Å². The molecule has 1 radical (unpaired) electrons. The maximum atomic E-state index is 12.6. The Kier molecular flexibility index (Phi) is 3.65. The van der Waals surface area contributed by atoms with Gasteiger partial charge in [0, 0.05) is 10.6 Å². The van der Waals surface area contributed by atoms with Gasteiger partial charge in [0.1, 0.15) is 12.4 Å². The number of thiol groups is 1. The van der Waals surface area contributed by atoms with Crippen LogP contribution in [0.5, 0.6) is 0 Å². The quantitative estimate of drug-likeness (QED) is 0.791. The van der Waals surface area contributed by atoms with Crippen molar-refractivity contribution in [2.24, 2.45) is 0 Å². The van der Waals surface area contributed by atoms with Gasteiger partial charge in [-0.1, -0.05) is 11.6 Å². The summed E-state index contributed by atoms with van der Waals surface area (Å²) in [6.45, 7) is 0.872. The van der Waals surface area contributed by atoms with E-state index in [1.54, 1.807) is 0 Å². The normalized spacial score (nSPS) is 10.7. The first kappa shape index (κ1) is 10.4. The van der Waals surface area contributed by atoms with Crippen LogP contribution in [0.25, 0.3) is 0 Å². The number of hydrogen-bond acceptors (Lipinski definition) is 3. The average Bonchev–Trinajstić information content (AvgIpc) is 2.06. The second-order valence-corrected chi connectivity index (χ2v) is 3.18. The molecule has 0 bridgehead atoms. The van der Waals surface area contributed by atoms with E-state index in [4.69, 9.17) is 11.6 Å². The molecule has 0 saturated heterocycles. The molecule has 0 amide bonds. The van der Waals surface area contributed by atoms with Crippen molar-refractivity contribution >= 4 is 22.6 Å². The smallest absolute Gasteiger partial charge is 0.257 e. The minimum atomic E-state index is -2.98. The highest BCUT2D eigenvalue weighted by Crippen LogP contribution is 2.18. The van der Waals surface area contributed by atoms with E-state index in [0.717, 1.165) is 18.7 Å². The molecule has 0 fully saturated rings. The summed E-state index contributed by atoms with van der Waals surface area (Å²) in [7, 11) is -2.98. The lowest BCUT2D eigenvalue weighted by Gasteiger charge is -2.00. The van der Waals surface area contributed by atoms with Crippen molar-refractivity contribution in [1.29, 1.82) is 0 Å². The maximum absolute atomic E-state index is 12.6. The lowest BCUT2D eigenvalue weighted by atomic mass is 10.2. The Morgan fingerprint density at radius 1 is 1.46 bits per heavy atom. The van der Waals surface area contributed by atoms with Crippen LogP contribution in [-0.2, 0) is 15.2 Å². The van der Waals surface area contributed by atoms with Crippen LogP contribution in [-0.4, -0.2) is 8.42 Å². The Labute approximate surface area is 81.2 Å². The summed E-state index contributed by atoms with van der Waals surface area (Å²) >= 11 is 5.60. The molecular weight excluding hydrogens is 219 g/mol. The Hall–Kier alpha value is -0.650. The highest BCUT2D eigenvalue weighted by molar-refractivity contribution is 7.67. The van der Waals surface area contributed by atoms with E-state index < -0.39 is 16.8 Å². The van der Waals surface area contributed by atoms with Crippen LogP contribution in [0.2, 0.25) is 5.02 Å². The number of rotatable bonds is 3. The largest absolute Gasteiger partial charge is 0.261 e. The summed E-state index contributed by atoms with van der Waals surface area (Å²) in [4.78, 5) is 0. The molecule has 0 aliphatic heterocycles. The monoisotopic (exact) mass is 223 g/mol. The molecule has 3 nitrogen and oxygen atoms in total. The van der Waals surface area contributed by atoms with Crippen molar-refractivity contribution in [2.75, 3.05) is 0 Å². The van der Waals surface area contributed by atoms with E-state index in [0.29, 0.717) is 0 Å². The predicted molar refractivity (Wildman–Crippen MR) is 46.2 cm³/mol. The molecule has 13 heavy (non-hydrogen) atoms. The van der Waals surface area contributed by atoms with Gasteiger partial charge in [0.15, 0.2) is 0 Å². The second kappa shape index (κ2) is 4.55. The van der Waals surface area contributed by atoms with E-state index in [9.17, 15) is 12.8 Å². The van der Waals surface area contributed by atoms with Crippen molar-refractivity contribution in [3.05, 3.63) is 41.2 Å². The zero-order chi connectivity index (χ0) is 9.84. The van der Waals surface area contributed by atoms with E-state index in [2.05, 4.69) is 4.18 Å². The van der Waals surface area contributed by atoms with Crippen LogP contribution < -0.4 is 0 Å². The third-order valence-corrected chi connectivity index (χ3v) is 1.85. The van der Waals surface area contributed by atoms with Gasteiger partial charge in [-0.15, -0.1) is 0 Å². The molecule has 6 heteroatoms. The van der Waals surface area contributed by atoms with Crippen LogP contribution in [0, 0.1) is 12.4 Å². The van der Waals surface area contributed by atoms with Crippen molar-refractivity contribution in [3.63, 3.8) is 0 Å². The topological polar surface area (TPSA) is 43.4 Å². The molecule has 1 aromatic carbocycles. The third kappa shape index (κ3) is 3.30. The molecule has 0 heterocycles. The van der Waals surface area contributed by atoms with Crippen LogP contribution in [0.4, 0.5) is 4.39 Å². The Morgan fingerprint density at radius 3 is 2.77 bits per heavy atom. The molecule has 71 valence electrons. The highest BCUT2D eigenvalue weighted by Gasteiger charge is 2.03. The highest BCUT2D eigenvalue weighted by atomic mass is 35.5. The van der Waals surface area contributed by atoms with Gasteiger partial charge in [-0.2, -0.15) is 0 Å². The van der Waals surface area contributed by atoms with E-state index in [1.165, 1.54) is 6.07 Å². The Morgan fingerprint density at radius 2 is 2.15 bits per heavy atom. The zero-order valence-electron chi connectivity index (χ0n) is 6.24. The van der Waals surface area contributed by atoms with Crippen molar-refractivity contribution in [2.45, 2.75) is 0 Å². The van der Waals surface area contributed by atoms with Gasteiger partial charge < -0.3 is 0 Å². The van der Waals surface area contributed by atoms with E-state index in [1.807, 2.05) is 0 Å². The van der Waals surface area contributed by atoms with Crippen molar-refractivity contribution in [1.82, 2.24) is 0 Å². The number of halogens is 2. The summed E-state index contributed by atoms with van der Waals surface area (Å²) in [5.41, 5.74) is 0.181. The zero-order valence-corrected chi connectivity index (χ0v) is 7.89. The molecule has 0 spiro atoms. The molecule has 0 aliphatic rings. The lowest BCUT2D eigenvalue weighted by molar-refractivity contribution is 0.428. The Bertz CT molecular complexity index is 370. The lowest BCUT2D eigenvalue weighted by Crippen LogP contribution is -1.90. The second-order valence-electron chi connectivity index (χ2n) is 2.11. The fourth-order valence-corrected chi connectivity index (χ4v) is 1.07. The maximum Gasteiger partial charge on any atom is 0.257 e. The Balaban J connectivity index is 2.81. The third-order valence-electron chi connectivity index (χ3n) is 1.22.